The van der Waals surface area contributed by atoms with Crippen molar-refractivity contribution in [3.8, 4) is 0 Å². The van der Waals surface area contributed by atoms with E-state index in [-0.39, 0.29) is 0 Å². The topological polar surface area (TPSA) is 49.7 Å². The fourth-order valence-electron chi connectivity index (χ4n) is 1.12. The molecule has 0 aromatic heterocycles. The van der Waals surface area contributed by atoms with E-state index in [0.29, 0.717) is 5.57 Å². The average Bonchev–Trinajstić information content (AvgIpc) is 2.41. The Labute approximate surface area is 85.2 Å². The second-order valence-corrected chi connectivity index (χ2v) is 3.66. The van der Waals surface area contributed by atoms with Crippen molar-refractivity contribution >= 4 is 23.9 Å². The first kappa shape index (κ1) is 9.02. The van der Waals surface area contributed by atoms with Crippen molar-refractivity contribution in [2.24, 2.45) is 4.99 Å². The van der Waals surface area contributed by atoms with Gasteiger partial charge in [0.2, 0.25) is 0 Å². The normalized spacial score (nSPS) is 19.0. The molecule has 0 saturated carbocycles. The highest BCUT2D eigenvalue weighted by molar-refractivity contribution is 8.06. The van der Waals surface area contributed by atoms with Crippen molar-refractivity contribution in [1.29, 1.82) is 0 Å². The highest BCUT2D eigenvalue weighted by Gasteiger charge is 2.14. The molecule has 0 saturated heterocycles. The molecule has 2 aliphatic rings. The first-order chi connectivity index (χ1) is 6.77. The van der Waals surface area contributed by atoms with Gasteiger partial charge in [-0.25, -0.2) is 4.79 Å². The Bertz CT molecular complexity index is 427. The van der Waals surface area contributed by atoms with Crippen LogP contribution in [-0.2, 0) is 4.79 Å². The number of nitrogens with zero attached hydrogens (tertiary/aromatic N) is 1. The number of carboxylic acids is 1. The van der Waals surface area contributed by atoms with Crippen LogP contribution in [0, 0.1) is 0 Å². The zero-order valence-corrected chi connectivity index (χ0v) is 7.99. The number of rotatable bonds is 1. The lowest BCUT2D eigenvalue weighted by Crippen LogP contribution is -2.02. The summed E-state index contributed by atoms with van der Waals surface area (Å²) in [5.41, 5.74) is 1.15. The molecule has 0 aromatic carbocycles. The van der Waals surface area contributed by atoms with Gasteiger partial charge in [0.1, 0.15) is 0 Å². The maximum Gasteiger partial charge on any atom is 0.336 e. The Hall–Kier alpha value is -1.55. The Balaban J connectivity index is 2.38. The van der Waals surface area contributed by atoms with Crippen LogP contribution in [0.25, 0.3) is 0 Å². The number of carbonyl (C=O) groups is 1. The zero-order chi connectivity index (χ0) is 9.97. The van der Waals surface area contributed by atoms with Gasteiger partial charge >= 0.3 is 5.97 Å². The molecule has 0 atom stereocenters. The second-order valence-electron chi connectivity index (χ2n) is 2.75. The van der Waals surface area contributed by atoms with E-state index in [1.165, 1.54) is 11.8 Å². The summed E-state index contributed by atoms with van der Waals surface area (Å²) >= 11 is 1.40. The smallest absolute Gasteiger partial charge is 0.336 e. The molecule has 0 fully saturated rings. The van der Waals surface area contributed by atoms with E-state index < -0.39 is 5.97 Å². The van der Waals surface area contributed by atoms with Crippen molar-refractivity contribution in [2.75, 3.05) is 0 Å². The van der Waals surface area contributed by atoms with E-state index in [2.05, 4.69) is 4.99 Å². The van der Waals surface area contributed by atoms with Crippen LogP contribution in [-0.4, -0.2) is 17.3 Å². The van der Waals surface area contributed by atoms with Gasteiger partial charge in [0.25, 0.3) is 0 Å². The molecule has 0 aromatic rings. The lowest BCUT2D eigenvalue weighted by Gasteiger charge is -2.09. The van der Waals surface area contributed by atoms with Crippen molar-refractivity contribution in [3.63, 3.8) is 0 Å². The van der Waals surface area contributed by atoms with Crippen LogP contribution < -0.4 is 0 Å². The SMILES string of the molecule is O=C(O)C1=CSC2=CC=CN=CC2=C1. The van der Waals surface area contributed by atoms with Crippen molar-refractivity contribution < 1.29 is 9.90 Å². The minimum absolute atomic E-state index is 0.301. The Morgan fingerprint density at radius 1 is 1.50 bits per heavy atom. The number of allylic oxidation sites excluding steroid dienone is 3. The van der Waals surface area contributed by atoms with E-state index >= 15 is 0 Å². The Morgan fingerprint density at radius 2 is 2.36 bits per heavy atom. The summed E-state index contributed by atoms with van der Waals surface area (Å²) in [5, 5.41) is 10.4. The highest BCUT2D eigenvalue weighted by Crippen LogP contribution is 2.32. The molecule has 0 unspecified atom stereocenters. The number of hydrogen-bond acceptors (Lipinski definition) is 3. The maximum atomic E-state index is 10.7. The second kappa shape index (κ2) is 3.67. The molecule has 0 bridgehead atoms. The van der Waals surface area contributed by atoms with Crippen LogP contribution in [0.5, 0.6) is 0 Å². The number of carboxylic acid groups (broad SMARTS) is 1. The molecule has 14 heavy (non-hydrogen) atoms. The van der Waals surface area contributed by atoms with Gasteiger partial charge in [-0.2, -0.15) is 0 Å². The minimum Gasteiger partial charge on any atom is -0.478 e. The van der Waals surface area contributed by atoms with E-state index in [9.17, 15) is 4.79 Å². The number of hydrogen-bond donors (Lipinski definition) is 1. The quantitative estimate of drug-likeness (QED) is 0.713. The summed E-state index contributed by atoms with van der Waals surface area (Å²) in [6.45, 7) is 0. The van der Waals surface area contributed by atoms with Gasteiger partial charge in [-0.05, 0) is 23.6 Å². The largest absolute Gasteiger partial charge is 0.478 e. The van der Waals surface area contributed by atoms with E-state index in [1.54, 1.807) is 23.9 Å². The summed E-state index contributed by atoms with van der Waals surface area (Å²) in [7, 11) is 0. The number of aliphatic carboxylic acids is 1. The molecule has 2 rings (SSSR count). The molecule has 70 valence electrons. The monoisotopic (exact) mass is 205 g/mol. The summed E-state index contributed by atoms with van der Waals surface area (Å²) in [6, 6.07) is 0. The van der Waals surface area contributed by atoms with Crippen LogP contribution in [0.4, 0.5) is 0 Å². The highest BCUT2D eigenvalue weighted by atomic mass is 32.2. The average molecular weight is 205 g/mol. The minimum atomic E-state index is -0.908. The first-order valence-corrected chi connectivity index (χ1v) is 4.87. The molecular formula is C10H7NO2S. The summed E-state index contributed by atoms with van der Waals surface area (Å²) in [4.78, 5) is 15.7. The molecule has 2 aliphatic heterocycles. The number of thioether (sulfide) groups is 1. The van der Waals surface area contributed by atoms with Crippen molar-refractivity contribution in [3.05, 3.63) is 45.9 Å². The molecule has 0 radical (unpaired) electrons. The standard InChI is InChI=1S/C10H7NO2S/c12-10(13)8-4-7-5-11-3-1-2-9(7)14-6-8/h1-6H,(H,12,13). The van der Waals surface area contributed by atoms with Crippen molar-refractivity contribution in [2.45, 2.75) is 0 Å². The van der Waals surface area contributed by atoms with E-state index in [0.717, 1.165) is 10.5 Å². The number of aliphatic imine (C=N–C) groups is 1. The zero-order valence-electron chi connectivity index (χ0n) is 7.18. The molecule has 0 amide bonds. The van der Waals surface area contributed by atoms with Gasteiger partial charge in [0.05, 0.1) is 5.57 Å². The van der Waals surface area contributed by atoms with E-state index in [1.807, 2.05) is 12.2 Å². The molecule has 2 heterocycles. The summed E-state index contributed by atoms with van der Waals surface area (Å²) in [6.07, 6.45) is 8.71. The third-order valence-electron chi connectivity index (χ3n) is 1.79. The lowest BCUT2D eigenvalue weighted by molar-refractivity contribution is -0.132. The fourth-order valence-corrected chi connectivity index (χ4v) is 1.95. The maximum absolute atomic E-state index is 10.7. The van der Waals surface area contributed by atoms with Gasteiger partial charge in [0.15, 0.2) is 0 Å². The predicted octanol–water partition coefficient (Wildman–Crippen LogP) is 2.11. The van der Waals surface area contributed by atoms with Crippen LogP contribution in [0.15, 0.2) is 50.9 Å². The van der Waals surface area contributed by atoms with Crippen LogP contribution in [0.1, 0.15) is 0 Å². The van der Waals surface area contributed by atoms with Gasteiger partial charge in [-0.1, -0.05) is 11.8 Å². The van der Waals surface area contributed by atoms with E-state index in [4.69, 9.17) is 5.11 Å². The molecule has 4 heteroatoms. The molecular weight excluding hydrogens is 198 g/mol. The predicted molar refractivity (Wildman–Crippen MR) is 57.1 cm³/mol. The number of fused-ring (bicyclic) bond motifs is 1. The fraction of sp³-hybridized carbons (Fsp3) is 0. The molecule has 1 N–H and O–H groups in total. The third kappa shape index (κ3) is 1.70. The summed E-state index contributed by atoms with van der Waals surface area (Å²) < 4.78 is 0. The molecule has 0 aliphatic carbocycles. The van der Waals surface area contributed by atoms with Gasteiger partial charge in [-0.15, -0.1) is 0 Å². The van der Waals surface area contributed by atoms with Crippen LogP contribution >= 0.6 is 11.8 Å². The molecule has 0 spiro atoms. The third-order valence-corrected chi connectivity index (χ3v) is 2.79. The van der Waals surface area contributed by atoms with Gasteiger partial charge < -0.3 is 5.11 Å². The molecule has 3 nitrogen and oxygen atoms in total. The Morgan fingerprint density at radius 3 is 3.14 bits per heavy atom. The summed E-state index contributed by atoms with van der Waals surface area (Å²) in [5.74, 6) is -0.908. The van der Waals surface area contributed by atoms with Gasteiger partial charge in [0, 0.05) is 22.9 Å². The Kier molecular flexibility index (Phi) is 2.37. The van der Waals surface area contributed by atoms with Gasteiger partial charge in [-0.3, -0.25) is 4.99 Å². The van der Waals surface area contributed by atoms with Crippen LogP contribution in [0.2, 0.25) is 0 Å². The first-order valence-electron chi connectivity index (χ1n) is 3.99. The van der Waals surface area contributed by atoms with Crippen molar-refractivity contribution in [1.82, 2.24) is 0 Å². The van der Waals surface area contributed by atoms with Crippen LogP contribution in [0.3, 0.4) is 0 Å². The lowest BCUT2D eigenvalue weighted by atomic mass is 10.1.